The van der Waals surface area contributed by atoms with E-state index >= 15 is 4.39 Å². The Balaban J connectivity index is 1.30. The molecule has 1 aromatic rings. The highest BCUT2D eigenvalue weighted by Crippen LogP contribution is 2.66. The Labute approximate surface area is 184 Å². The Kier molecular flexibility index (Phi) is 5.37. The van der Waals surface area contributed by atoms with Gasteiger partial charge in [0.2, 0.25) is 0 Å². The molecule has 4 saturated carbocycles. The molecule has 3 nitrogen and oxygen atoms in total. The van der Waals surface area contributed by atoms with E-state index in [9.17, 15) is 9.18 Å². The number of nitrogens with one attached hydrogen (secondary N) is 1. The number of pyridine rings is 1. The third-order valence-corrected chi connectivity index (χ3v) is 9.90. The summed E-state index contributed by atoms with van der Waals surface area (Å²) in [7, 11) is 0. The summed E-state index contributed by atoms with van der Waals surface area (Å²) in [6, 6.07) is 1.57. The molecule has 5 rings (SSSR count). The number of anilines is 1. The summed E-state index contributed by atoms with van der Waals surface area (Å²) in [4.78, 5) is 17.0. The van der Waals surface area contributed by atoms with Crippen LogP contribution in [0.2, 0.25) is 0 Å². The van der Waals surface area contributed by atoms with Crippen molar-refractivity contribution in [2.75, 3.05) is 11.9 Å². The smallest absolute Gasteiger partial charge is 0.164 e. The zero-order valence-corrected chi connectivity index (χ0v) is 18.9. The van der Waals surface area contributed by atoms with Crippen molar-refractivity contribution in [3.05, 3.63) is 24.3 Å². The second-order valence-corrected chi connectivity index (χ2v) is 11.3. The largest absolute Gasteiger partial charge is 0.375 e. The molecule has 0 spiro atoms. The van der Waals surface area contributed by atoms with Crippen LogP contribution in [0.3, 0.4) is 0 Å². The standard InChI is InChI=1S/C26H36F2N2O/c1-16-7-11-26(28)17(13-16)3-4-18-19-5-6-21(25(19,2)10-8-20(18)26)24(31)15-30-23-9-12-29-14-22(23)27/h9,12,14,16-21H,3-8,10-11,13,15H2,1-2H3,(H,29,30). The van der Waals surface area contributed by atoms with E-state index in [4.69, 9.17) is 0 Å². The molecule has 4 aliphatic rings. The summed E-state index contributed by atoms with van der Waals surface area (Å²) < 4.78 is 30.3. The van der Waals surface area contributed by atoms with Crippen molar-refractivity contribution < 1.29 is 13.6 Å². The van der Waals surface area contributed by atoms with Gasteiger partial charge in [0.25, 0.3) is 0 Å². The summed E-state index contributed by atoms with van der Waals surface area (Å²) in [5, 5.41) is 2.98. The van der Waals surface area contributed by atoms with Crippen molar-refractivity contribution in [2.45, 2.75) is 77.3 Å². The molecule has 1 heterocycles. The maximum atomic E-state index is 16.4. The number of hydrogen-bond acceptors (Lipinski definition) is 3. The van der Waals surface area contributed by atoms with Crippen LogP contribution in [0.1, 0.15) is 71.6 Å². The lowest BCUT2D eigenvalue weighted by atomic mass is 9.48. The van der Waals surface area contributed by atoms with E-state index in [0.717, 1.165) is 64.0 Å². The quantitative estimate of drug-likeness (QED) is 0.618. The topological polar surface area (TPSA) is 42.0 Å². The monoisotopic (exact) mass is 430 g/mol. The molecular formula is C26H36F2N2O. The van der Waals surface area contributed by atoms with Crippen molar-refractivity contribution in [1.29, 1.82) is 0 Å². The van der Waals surface area contributed by atoms with Gasteiger partial charge in [-0.3, -0.25) is 9.78 Å². The minimum absolute atomic E-state index is 0.00416. The highest BCUT2D eigenvalue weighted by atomic mass is 19.1. The minimum atomic E-state index is -0.973. The molecule has 4 aliphatic carbocycles. The second kappa shape index (κ2) is 7.81. The van der Waals surface area contributed by atoms with E-state index in [1.165, 1.54) is 6.20 Å². The lowest BCUT2D eigenvalue weighted by Gasteiger charge is -2.58. The van der Waals surface area contributed by atoms with Crippen LogP contribution in [0.4, 0.5) is 14.5 Å². The van der Waals surface area contributed by atoms with Gasteiger partial charge in [0.15, 0.2) is 11.6 Å². The van der Waals surface area contributed by atoms with Crippen molar-refractivity contribution in [3.8, 4) is 0 Å². The fourth-order valence-corrected chi connectivity index (χ4v) is 8.35. The van der Waals surface area contributed by atoms with Crippen molar-refractivity contribution in [3.63, 3.8) is 0 Å². The van der Waals surface area contributed by atoms with Gasteiger partial charge in [0.1, 0.15) is 5.67 Å². The zero-order valence-electron chi connectivity index (χ0n) is 18.9. The van der Waals surface area contributed by atoms with E-state index < -0.39 is 11.5 Å². The molecule has 0 radical (unpaired) electrons. The van der Waals surface area contributed by atoms with Crippen molar-refractivity contribution in [1.82, 2.24) is 4.98 Å². The summed E-state index contributed by atoms with van der Waals surface area (Å²) in [5.74, 6) is 1.71. The van der Waals surface area contributed by atoms with E-state index in [-0.39, 0.29) is 35.5 Å². The van der Waals surface area contributed by atoms with Gasteiger partial charge in [-0.2, -0.15) is 0 Å². The number of carbonyl (C=O) groups is 1. The SMILES string of the molecule is CC1CCC2(F)C(CCC3C4CCC(C(=O)CNc5ccncc5F)C4(C)CCC32)C1. The lowest BCUT2D eigenvalue weighted by Crippen LogP contribution is -2.56. The number of ketones is 1. The summed E-state index contributed by atoms with van der Waals surface area (Å²) in [5.41, 5.74) is -0.683. The lowest BCUT2D eigenvalue weighted by molar-refractivity contribution is -0.145. The van der Waals surface area contributed by atoms with Crippen LogP contribution >= 0.6 is 0 Å². The van der Waals surface area contributed by atoms with Gasteiger partial charge in [-0.15, -0.1) is 0 Å². The Morgan fingerprint density at radius 1 is 1.16 bits per heavy atom. The first-order chi connectivity index (χ1) is 14.8. The van der Waals surface area contributed by atoms with E-state index in [1.807, 2.05) is 0 Å². The number of halogens is 2. The molecule has 4 fully saturated rings. The molecule has 31 heavy (non-hydrogen) atoms. The Morgan fingerprint density at radius 3 is 2.81 bits per heavy atom. The number of nitrogens with zero attached hydrogens (tertiary/aromatic N) is 1. The zero-order chi connectivity index (χ0) is 21.8. The minimum Gasteiger partial charge on any atom is -0.375 e. The number of rotatable bonds is 4. The van der Waals surface area contributed by atoms with Gasteiger partial charge in [0, 0.05) is 12.1 Å². The Bertz CT molecular complexity index is 846. The fraction of sp³-hybridized carbons (Fsp3) is 0.769. The van der Waals surface area contributed by atoms with Gasteiger partial charge >= 0.3 is 0 Å². The first-order valence-corrected chi connectivity index (χ1v) is 12.4. The fourth-order valence-electron chi connectivity index (χ4n) is 8.35. The van der Waals surface area contributed by atoms with Crippen LogP contribution in [0.5, 0.6) is 0 Å². The molecule has 8 atom stereocenters. The van der Waals surface area contributed by atoms with Gasteiger partial charge in [-0.25, -0.2) is 8.78 Å². The third kappa shape index (κ3) is 3.41. The van der Waals surface area contributed by atoms with Crippen LogP contribution in [-0.2, 0) is 4.79 Å². The average Bonchev–Trinajstić information content (AvgIpc) is 3.11. The van der Waals surface area contributed by atoms with Crippen molar-refractivity contribution in [2.24, 2.45) is 40.9 Å². The molecule has 5 heteroatoms. The van der Waals surface area contributed by atoms with Gasteiger partial charge in [0.05, 0.1) is 18.4 Å². The molecule has 0 amide bonds. The summed E-state index contributed by atoms with van der Waals surface area (Å²) >= 11 is 0. The number of Topliss-reactive ketones (excluding diaryl/α,β-unsaturated/α-hetero) is 1. The molecule has 0 saturated heterocycles. The molecule has 0 aromatic carbocycles. The normalized spacial score (nSPS) is 44.1. The van der Waals surface area contributed by atoms with Crippen LogP contribution in [0, 0.1) is 46.7 Å². The van der Waals surface area contributed by atoms with Gasteiger partial charge < -0.3 is 5.32 Å². The third-order valence-electron chi connectivity index (χ3n) is 9.90. The maximum absolute atomic E-state index is 16.4. The predicted molar refractivity (Wildman–Crippen MR) is 118 cm³/mol. The van der Waals surface area contributed by atoms with E-state index in [2.05, 4.69) is 24.1 Å². The van der Waals surface area contributed by atoms with Gasteiger partial charge in [-0.1, -0.05) is 13.8 Å². The summed E-state index contributed by atoms with van der Waals surface area (Å²) in [6.45, 7) is 4.72. The van der Waals surface area contributed by atoms with Crippen LogP contribution in [0.15, 0.2) is 18.5 Å². The van der Waals surface area contributed by atoms with Gasteiger partial charge in [-0.05, 0) is 98.9 Å². The highest BCUT2D eigenvalue weighted by molar-refractivity contribution is 5.86. The van der Waals surface area contributed by atoms with E-state index in [1.54, 1.807) is 6.07 Å². The Morgan fingerprint density at radius 2 is 2.00 bits per heavy atom. The van der Waals surface area contributed by atoms with Crippen LogP contribution < -0.4 is 5.32 Å². The Hall–Kier alpha value is -1.52. The van der Waals surface area contributed by atoms with E-state index in [0.29, 0.717) is 23.4 Å². The molecular weight excluding hydrogens is 394 g/mol. The molecule has 1 aromatic heterocycles. The van der Waals surface area contributed by atoms with Crippen LogP contribution in [0.25, 0.3) is 0 Å². The molecule has 8 unspecified atom stereocenters. The number of alkyl halides is 1. The number of fused-ring (bicyclic) bond motifs is 5. The first-order valence-electron chi connectivity index (χ1n) is 12.4. The number of aromatic nitrogens is 1. The second-order valence-electron chi connectivity index (χ2n) is 11.3. The molecule has 0 aliphatic heterocycles. The number of hydrogen-bond donors (Lipinski definition) is 1. The average molecular weight is 431 g/mol. The molecule has 170 valence electrons. The summed E-state index contributed by atoms with van der Waals surface area (Å²) in [6.07, 6.45) is 11.5. The molecule has 0 bridgehead atoms. The maximum Gasteiger partial charge on any atom is 0.164 e. The predicted octanol–water partition coefficient (Wildman–Crippen LogP) is 6.20. The highest BCUT2D eigenvalue weighted by Gasteiger charge is 2.62. The van der Waals surface area contributed by atoms with Crippen LogP contribution in [-0.4, -0.2) is 23.0 Å². The molecule has 1 N–H and O–H groups in total. The first kappa shape index (κ1) is 21.3. The number of carbonyl (C=O) groups excluding carboxylic acids is 1. The van der Waals surface area contributed by atoms with Crippen molar-refractivity contribution >= 4 is 11.5 Å².